The van der Waals surface area contributed by atoms with E-state index in [9.17, 15) is 8.42 Å². The van der Waals surface area contributed by atoms with Crippen molar-refractivity contribution in [3.8, 4) is 0 Å². The minimum Gasteiger partial charge on any atom is -0.267 e. The maximum Gasteiger partial charge on any atom is 0.246 e. The summed E-state index contributed by atoms with van der Waals surface area (Å²) in [7, 11) is -3.48. The van der Waals surface area contributed by atoms with E-state index in [-0.39, 0.29) is 0 Å². The van der Waals surface area contributed by atoms with Gasteiger partial charge in [0.1, 0.15) is 4.90 Å². The summed E-state index contributed by atoms with van der Waals surface area (Å²) in [5.41, 5.74) is 1.65. The third-order valence-corrected chi connectivity index (χ3v) is 5.90. The van der Waals surface area contributed by atoms with Crippen LogP contribution in [0.15, 0.2) is 41.4 Å². The third kappa shape index (κ3) is 4.20. The van der Waals surface area contributed by atoms with Gasteiger partial charge in [0, 0.05) is 19.3 Å². The fourth-order valence-corrected chi connectivity index (χ4v) is 4.18. The van der Waals surface area contributed by atoms with E-state index < -0.39 is 10.0 Å². The molecule has 5 nitrogen and oxygen atoms in total. The van der Waals surface area contributed by atoms with E-state index in [4.69, 9.17) is 0 Å². The number of hydrogen-bond donors (Lipinski definition) is 0. The Labute approximate surface area is 139 Å². The summed E-state index contributed by atoms with van der Waals surface area (Å²) in [5, 5.41) is 4.38. The highest BCUT2D eigenvalue weighted by Gasteiger charge is 2.26. The predicted octanol–water partition coefficient (Wildman–Crippen LogP) is 3.05. The SMILES string of the molecule is CCCCN(CC)S(=O)(=O)c1cn(Cc2ccccc2)nc1C. The third-order valence-electron chi connectivity index (χ3n) is 3.82. The maximum atomic E-state index is 12.8. The Hall–Kier alpha value is -1.66. The Morgan fingerprint density at radius 2 is 1.87 bits per heavy atom. The summed E-state index contributed by atoms with van der Waals surface area (Å²) in [6, 6.07) is 9.90. The van der Waals surface area contributed by atoms with Gasteiger partial charge in [0.2, 0.25) is 10.0 Å². The van der Waals surface area contributed by atoms with Crippen LogP contribution in [0.25, 0.3) is 0 Å². The highest BCUT2D eigenvalue weighted by Crippen LogP contribution is 2.20. The molecule has 0 aliphatic rings. The van der Waals surface area contributed by atoms with Crippen molar-refractivity contribution in [2.24, 2.45) is 0 Å². The molecule has 0 saturated carbocycles. The zero-order valence-electron chi connectivity index (χ0n) is 14.1. The highest BCUT2D eigenvalue weighted by molar-refractivity contribution is 7.89. The van der Waals surface area contributed by atoms with Crippen LogP contribution in [0.5, 0.6) is 0 Å². The van der Waals surface area contributed by atoms with Gasteiger partial charge in [-0.3, -0.25) is 4.68 Å². The number of hydrogen-bond acceptors (Lipinski definition) is 3. The van der Waals surface area contributed by atoms with Gasteiger partial charge in [-0.2, -0.15) is 9.40 Å². The molecule has 0 saturated heterocycles. The number of aromatic nitrogens is 2. The van der Waals surface area contributed by atoms with Crippen LogP contribution < -0.4 is 0 Å². The topological polar surface area (TPSA) is 55.2 Å². The monoisotopic (exact) mass is 335 g/mol. The predicted molar refractivity (Wildman–Crippen MR) is 91.8 cm³/mol. The van der Waals surface area contributed by atoms with Crippen LogP contribution in [-0.2, 0) is 16.6 Å². The van der Waals surface area contributed by atoms with Crippen molar-refractivity contribution >= 4 is 10.0 Å². The summed E-state index contributed by atoms with van der Waals surface area (Å²) >= 11 is 0. The molecule has 0 aliphatic heterocycles. The van der Waals surface area contributed by atoms with Crippen LogP contribution in [0.4, 0.5) is 0 Å². The van der Waals surface area contributed by atoms with E-state index in [0.717, 1.165) is 18.4 Å². The molecule has 23 heavy (non-hydrogen) atoms. The molecular formula is C17H25N3O2S. The molecular weight excluding hydrogens is 310 g/mol. The summed E-state index contributed by atoms with van der Waals surface area (Å²) in [6.45, 7) is 7.28. The van der Waals surface area contributed by atoms with E-state index in [1.165, 1.54) is 4.31 Å². The number of rotatable bonds is 8. The van der Waals surface area contributed by atoms with E-state index >= 15 is 0 Å². The van der Waals surface area contributed by atoms with Gasteiger partial charge in [-0.25, -0.2) is 8.42 Å². The first kappa shape index (κ1) is 17.7. The summed E-state index contributed by atoms with van der Waals surface area (Å²) in [5.74, 6) is 0. The zero-order valence-corrected chi connectivity index (χ0v) is 14.9. The second kappa shape index (κ2) is 7.75. The normalized spacial score (nSPS) is 12.0. The van der Waals surface area contributed by atoms with Gasteiger partial charge in [0.25, 0.3) is 0 Å². The van der Waals surface area contributed by atoms with E-state index in [0.29, 0.717) is 30.2 Å². The maximum absolute atomic E-state index is 12.8. The Morgan fingerprint density at radius 1 is 1.17 bits per heavy atom. The molecule has 0 amide bonds. The molecule has 1 heterocycles. The summed E-state index contributed by atoms with van der Waals surface area (Å²) in [6.07, 6.45) is 3.48. The van der Waals surface area contributed by atoms with Gasteiger partial charge < -0.3 is 0 Å². The first-order valence-corrected chi connectivity index (χ1v) is 9.51. The molecule has 2 aromatic rings. The number of sulfonamides is 1. The fraction of sp³-hybridized carbons (Fsp3) is 0.471. The average molecular weight is 335 g/mol. The first-order chi connectivity index (χ1) is 11.0. The largest absolute Gasteiger partial charge is 0.267 e. The summed E-state index contributed by atoms with van der Waals surface area (Å²) in [4.78, 5) is 0.311. The van der Waals surface area contributed by atoms with Crippen molar-refractivity contribution in [3.05, 3.63) is 47.8 Å². The van der Waals surface area contributed by atoms with Crippen LogP contribution in [-0.4, -0.2) is 35.6 Å². The van der Waals surface area contributed by atoms with Crippen molar-refractivity contribution < 1.29 is 8.42 Å². The Kier molecular flexibility index (Phi) is 5.96. The molecule has 0 spiro atoms. The molecule has 0 unspecified atom stereocenters. The van der Waals surface area contributed by atoms with Crippen LogP contribution in [0, 0.1) is 6.92 Å². The average Bonchev–Trinajstić information content (AvgIpc) is 2.90. The number of unbranched alkanes of at least 4 members (excludes halogenated alkanes) is 1. The standard InChI is InChI=1S/C17H25N3O2S/c1-4-6-12-20(5-2)23(21,22)17-14-19(18-15(17)3)13-16-10-8-7-9-11-16/h7-11,14H,4-6,12-13H2,1-3H3. The lowest BCUT2D eigenvalue weighted by Crippen LogP contribution is -2.32. The van der Waals surface area contributed by atoms with Gasteiger partial charge in [0.05, 0.1) is 12.2 Å². The fourth-order valence-electron chi connectivity index (χ4n) is 2.53. The second-order valence-corrected chi connectivity index (χ2v) is 7.52. The van der Waals surface area contributed by atoms with Crippen molar-refractivity contribution in [2.75, 3.05) is 13.1 Å². The molecule has 0 atom stereocenters. The minimum atomic E-state index is -3.48. The van der Waals surface area contributed by atoms with Crippen LogP contribution in [0.2, 0.25) is 0 Å². The number of aryl methyl sites for hydroxylation is 1. The van der Waals surface area contributed by atoms with Gasteiger partial charge >= 0.3 is 0 Å². The zero-order chi connectivity index (χ0) is 16.9. The number of nitrogens with zero attached hydrogens (tertiary/aromatic N) is 3. The van der Waals surface area contributed by atoms with Crippen molar-refractivity contribution in [1.29, 1.82) is 0 Å². The molecule has 0 aliphatic carbocycles. The van der Waals surface area contributed by atoms with E-state index in [1.54, 1.807) is 17.8 Å². The lowest BCUT2D eigenvalue weighted by atomic mass is 10.2. The highest BCUT2D eigenvalue weighted by atomic mass is 32.2. The Bertz CT molecular complexity index is 724. The van der Waals surface area contributed by atoms with Gasteiger partial charge in [0.15, 0.2) is 0 Å². The molecule has 1 aromatic carbocycles. The molecule has 2 rings (SSSR count). The minimum absolute atomic E-state index is 0.311. The molecule has 0 N–H and O–H groups in total. The quantitative estimate of drug-likeness (QED) is 0.745. The molecule has 0 radical (unpaired) electrons. The smallest absolute Gasteiger partial charge is 0.246 e. The van der Waals surface area contributed by atoms with Crippen molar-refractivity contribution in [2.45, 2.75) is 45.1 Å². The van der Waals surface area contributed by atoms with Gasteiger partial charge in [-0.1, -0.05) is 50.6 Å². The lowest BCUT2D eigenvalue weighted by Gasteiger charge is -2.19. The van der Waals surface area contributed by atoms with Crippen molar-refractivity contribution in [3.63, 3.8) is 0 Å². The van der Waals surface area contributed by atoms with Gasteiger partial charge in [-0.15, -0.1) is 0 Å². The van der Waals surface area contributed by atoms with Crippen LogP contribution in [0.3, 0.4) is 0 Å². The molecule has 1 aromatic heterocycles. The van der Waals surface area contributed by atoms with Crippen molar-refractivity contribution in [1.82, 2.24) is 14.1 Å². The van der Waals surface area contributed by atoms with E-state index in [1.807, 2.05) is 37.3 Å². The molecule has 0 bridgehead atoms. The Morgan fingerprint density at radius 3 is 2.48 bits per heavy atom. The molecule has 6 heteroatoms. The van der Waals surface area contributed by atoms with Crippen LogP contribution in [0.1, 0.15) is 37.9 Å². The molecule has 126 valence electrons. The lowest BCUT2D eigenvalue weighted by molar-refractivity contribution is 0.418. The Balaban J connectivity index is 2.25. The second-order valence-electron chi connectivity index (χ2n) is 5.61. The number of benzene rings is 1. The van der Waals surface area contributed by atoms with Gasteiger partial charge in [-0.05, 0) is 18.9 Å². The molecule has 0 fully saturated rings. The first-order valence-electron chi connectivity index (χ1n) is 8.07. The van der Waals surface area contributed by atoms with Crippen LogP contribution >= 0.6 is 0 Å². The summed E-state index contributed by atoms with van der Waals surface area (Å²) < 4.78 is 28.9. The van der Waals surface area contributed by atoms with E-state index in [2.05, 4.69) is 12.0 Å².